The third-order valence-electron chi connectivity index (χ3n) is 4.10. The second kappa shape index (κ2) is 2.48. The highest BCUT2D eigenvalue weighted by molar-refractivity contribution is 5.00. The minimum atomic E-state index is 0.104. The summed E-state index contributed by atoms with van der Waals surface area (Å²) in [6.45, 7) is 9.18. The van der Waals surface area contributed by atoms with Gasteiger partial charge in [0.1, 0.15) is 0 Å². The highest BCUT2D eigenvalue weighted by Crippen LogP contribution is 2.51. The maximum atomic E-state index is 5.58. The predicted molar refractivity (Wildman–Crippen MR) is 47.6 cm³/mol. The van der Waals surface area contributed by atoms with Gasteiger partial charge in [-0.3, -0.25) is 0 Å². The van der Waals surface area contributed by atoms with Crippen LogP contribution in [0.4, 0.5) is 0 Å². The molecule has 2 atom stereocenters. The van der Waals surface area contributed by atoms with E-state index in [2.05, 4.69) is 27.7 Å². The monoisotopic (exact) mass is 156 g/mol. The van der Waals surface area contributed by atoms with Crippen molar-refractivity contribution in [3.05, 3.63) is 0 Å². The molecule has 0 aromatic rings. The quantitative estimate of drug-likeness (QED) is 0.567. The first-order chi connectivity index (χ1) is 4.94. The Bertz CT molecular complexity index is 148. The van der Waals surface area contributed by atoms with Crippen LogP contribution in [0.3, 0.4) is 0 Å². The summed E-state index contributed by atoms with van der Waals surface area (Å²) in [5, 5.41) is 0. The van der Waals surface area contributed by atoms with Crippen molar-refractivity contribution in [2.75, 3.05) is 7.11 Å². The van der Waals surface area contributed by atoms with Crippen molar-refractivity contribution >= 4 is 0 Å². The van der Waals surface area contributed by atoms with Crippen LogP contribution in [-0.4, -0.2) is 12.7 Å². The van der Waals surface area contributed by atoms with Crippen LogP contribution in [0, 0.1) is 11.3 Å². The fraction of sp³-hybridized carbons (Fsp3) is 1.00. The van der Waals surface area contributed by atoms with Crippen LogP contribution in [0.2, 0.25) is 0 Å². The molecule has 0 aliphatic heterocycles. The molecule has 0 bridgehead atoms. The highest BCUT2D eigenvalue weighted by Gasteiger charge is 2.49. The van der Waals surface area contributed by atoms with Gasteiger partial charge in [0.2, 0.25) is 0 Å². The maximum Gasteiger partial charge on any atom is 0.0704 e. The van der Waals surface area contributed by atoms with E-state index < -0.39 is 0 Å². The average Bonchev–Trinajstić information content (AvgIpc) is 2.15. The second-order valence-corrected chi connectivity index (χ2v) is 4.60. The number of methoxy groups -OCH3 is 1. The fourth-order valence-electron chi connectivity index (χ4n) is 2.06. The van der Waals surface area contributed by atoms with Crippen molar-refractivity contribution in [2.45, 2.75) is 46.1 Å². The van der Waals surface area contributed by atoms with Gasteiger partial charge in [-0.25, -0.2) is 0 Å². The van der Waals surface area contributed by atoms with Gasteiger partial charge in [-0.1, -0.05) is 20.8 Å². The lowest BCUT2D eigenvalue weighted by Crippen LogP contribution is -2.41. The van der Waals surface area contributed by atoms with Crippen LogP contribution in [0.25, 0.3) is 0 Å². The molecule has 0 saturated heterocycles. The van der Waals surface area contributed by atoms with Crippen molar-refractivity contribution in [1.82, 2.24) is 0 Å². The van der Waals surface area contributed by atoms with Gasteiger partial charge in [0.05, 0.1) is 5.60 Å². The normalized spacial score (nSPS) is 42.8. The Hall–Kier alpha value is -0.0400. The van der Waals surface area contributed by atoms with Gasteiger partial charge in [0, 0.05) is 7.11 Å². The molecule has 11 heavy (non-hydrogen) atoms. The van der Waals surface area contributed by atoms with Crippen LogP contribution in [-0.2, 0) is 4.74 Å². The number of hydrogen-bond donors (Lipinski definition) is 0. The molecule has 0 N–H and O–H groups in total. The molecule has 0 aromatic heterocycles. The zero-order valence-electron chi connectivity index (χ0n) is 8.40. The molecular weight excluding hydrogens is 136 g/mol. The summed E-state index contributed by atoms with van der Waals surface area (Å²) >= 11 is 0. The molecule has 1 saturated carbocycles. The lowest BCUT2D eigenvalue weighted by Gasteiger charge is -2.39. The standard InChI is InChI=1S/C10H20O/c1-8-6-7-10(4,11-5)9(8,2)3/h8H,6-7H2,1-5H3/t8?,10-/m0/s1. The van der Waals surface area contributed by atoms with E-state index in [0.717, 1.165) is 5.92 Å². The molecule has 1 fully saturated rings. The van der Waals surface area contributed by atoms with E-state index in [1.807, 2.05) is 7.11 Å². The number of hydrogen-bond acceptors (Lipinski definition) is 1. The van der Waals surface area contributed by atoms with Crippen molar-refractivity contribution in [2.24, 2.45) is 11.3 Å². The fourth-order valence-corrected chi connectivity index (χ4v) is 2.06. The Kier molecular flexibility index (Phi) is 2.04. The molecule has 0 radical (unpaired) electrons. The second-order valence-electron chi connectivity index (χ2n) is 4.60. The van der Waals surface area contributed by atoms with E-state index in [-0.39, 0.29) is 5.60 Å². The first-order valence-electron chi connectivity index (χ1n) is 4.49. The largest absolute Gasteiger partial charge is 0.378 e. The Labute approximate surface area is 70.1 Å². The summed E-state index contributed by atoms with van der Waals surface area (Å²) in [7, 11) is 1.83. The minimum Gasteiger partial charge on any atom is -0.378 e. The molecule has 1 unspecified atom stereocenters. The number of ether oxygens (including phenoxy) is 1. The van der Waals surface area contributed by atoms with Gasteiger partial charge in [-0.05, 0) is 31.1 Å². The third kappa shape index (κ3) is 1.10. The van der Waals surface area contributed by atoms with Crippen LogP contribution in [0.15, 0.2) is 0 Å². The predicted octanol–water partition coefficient (Wildman–Crippen LogP) is 2.85. The van der Waals surface area contributed by atoms with Crippen molar-refractivity contribution in [1.29, 1.82) is 0 Å². The molecule has 1 aliphatic carbocycles. The van der Waals surface area contributed by atoms with Gasteiger partial charge >= 0.3 is 0 Å². The zero-order valence-corrected chi connectivity index (χ0v) is 8.40. The van der Waals surface area contributed by atoms with Gasteiger partial charge in [-0.15, -0.1) is 0 Å². The average molecular weight is 156 g/mol. The van der Waals surface area contributed by atoms with Gasteiger partial charge < -0.3 is 4.74 Å². The zero-order chi connectivity index (χ0) is 8.70. The first kappa shape index (κ1) is 9.05. The molecule has 0 amide bonds. The molecule has 1 rings (SSSR count). The lowest BCUT2D eigenvalue weighted by molar-refractivity contribution is -0.0747. The Morgan fingerprint density at radius 2 is 1.82 bits per heavy atom. The molecule has 1 aliphatic rings. The first-order valence-corrected chi connectivity index (χ1v) is 4.49. The van der Waals surface area contributed by atoms with Gasteiger partial charge in [-0.2, -0.15) is 0 Å². The van der Waals surface area contributed by atoms with Crippen LogP contribution >= 0.6 is 0 Å². The Morgan fingerprint density at radius 1 is 1.27 bits per heavy atom. The van der Waals surface area contributed by atoms with Crippen molar-refractivity contribution in [3.8, 4) is 0 Å². The van der Waals surface area contributed by atoms with Gasteiger partial charge in [0.25, 0.3) is 0 Å². The SMILES string of the molecule is CO[C@@]1(C)CCC(C)C1(C)C. The maximum absolute atomic E-state index is 5.58. The summed E-state index contributed by atoms with van der Waals surface area (Å²) in [6, 6.07) is 0. The molecule has 66 valence electrons. The van der Waals surface area contributed by atoms with E-state index in [4.69, 9.17) is 4.74 Å². The molecule has 1 nitrogen and oxygen atoms in total. The van der Waals surface area contributed by atoms with E-state index in [1.54, 1.807) is 0 Å². The summed E-state index contributed by atoms with van der Waals surface area (Å²) in [6.07, 6.45) is 2.51. The van der Waals surface area contributed by atoms with Gasteiger partial charge in [0.15, 0.2) is 0 Å². The Balaban J connectivity index is 2.86. The smallest absolute Gasteiger partial charge is 0.0704 e. The minimum absolute atomic E-state index is 0.104. The number of rotatable bonds is 1. The Morgan fingerprint density at radius 3 is 2.00 bits per heavy atom. The highest BCUT2D eigenvalue weighted by atomic mass is 16.5. The van der Waals surface area contributed by atoms with Crippen LogP contribution < -0.4 is 0 Å². The van der Waals surface area contributed by atoms with E-state index in [1.165, 1.54) is 12.8 Å². The lowest BCUT2D eigenvalue weighted by atomic mass is 9.74. The molecule has 0 heterocycles. The molecular formula is C10H20O. The van der Waals surface area contributed by atoms with Crippen molar-refractivity contribution in [3.63, 3.8) is 0 Å². The van der Waals surface area contributed by atoms with Crippen LogP contribution in [0.5, 0.6) is 0 Å². The summed E-state index contributed by atoms with van der Waals surface area (Å²) < 4.78 is 5.58. The van der Waals surface area contributed by atoms with E-state index in [0.29, 0.717) is 5.41 Å². The topological polar surface area (TPSA) is 9.23 Å². The van der Waals surface area contributed by atoms with E-state index >= 15 is 0 Å². The molecule has 0 spiro atoms. The summed E-state index contributed by atoms with van der Waals surface area (Å²) in [5.41, 5.74) is 0.439. The summed E-state index contributed by atoms with van der Waals surface area (Å²) in [4.78, 5) is 0. The summed E-state index contributed by atoms with van der Waals surface area (Å²) in [5.74, 6) is 0.785. The van der Waals surface area contributed by atoms with Crippen molar-refractivity contribution < 1.29 is 4.74 Å². The van der Waals surface area contributed by atoms with Crippen LogP contribution in [0.1, 0.15) is 40.5 Å². The molecule has 0 aromatic carbocycles. The third-order valence-corrected chi connectivity index (χ3v) is 4.10. The van der Waals surface area contributed by atoms with E-state index in [9.17, 15) is 0 Å². The molecule has 1 heteroatoms.